The molecule has 0 amide bonds. The molecule has 3 atom stereocenters. The summed E-state index contributed by atoms with van der Waals surface area (Å²) in [6.45, 7) is 2.23. The van der Waals surface area contributed by atoms with Crippen molar-refractivity contribution in [2.75, 3.05) is 27.1 Å². The minimum absolute atomic E-state index is 0.0874. The van der Waals surface area contributed by atoms with Gasteiger partial charge in [0, 0.05) is 0 Å². The molecule has 176 valence electrons. The van der Waals surface area contributed by atoms with Crippen LogP contribution in [0.2, 0.25) is 0 Å². The second kappa shape index (κ2) is 17.6. The van der Waals surface area contributed by atoms with Crippen LogP contribution in [-0.2, 0) is 19.0 Å². The highest BCUT2D eigenvalue weighted by atomic mass is 16.7. The molecule has 0 unspecified atom stereocenters. The Morgan fingerprint density at radius 3 is 2.50 bits per heavy atom. The van der Waals surface area contributed by atoms with E-state index in [1.807, 2.05) is 0 Å². The largest absolute Gasteiger partial charge is 0.463 e. The molecular weight excluding hydrogens is 384 g/mol. The van der Waals surface area contributed by atoms with Gasteiger partial charge in [-0.3, -0.25) is 0 Å². The van der Waals surface area contributed by atoms with Gasteiger partial charge in [-0.05, 0) is 50.0 Å². The van der Waals surface area contributed by atoms with Gasteiger partial charge in [0.2, 0.25) is 5.76 Å². The second-order valence-corrected chi connectivity index (χ2v) is 8.36. The van der Waals surface area contributed by atoms with Gasteiger partial charge in [-0.1, -0.05) is 58.3 Å². The first kappa shape index (κ1) is 26.9. The molecule has 0 aromatic carbocycles. The van der Waals surface area contributed by atoms with E-state index in [9.17, 15) is 9.90 Å². The highest BCUT2D eigenvalue weighted by Crippen LogP contribution is 2.38. The molecule has 2 N–H and O–H groups in total. The van der Waals surface area contributed by atoms with Crippen molar-refractivity contribution < 1.29 is 29.2 Å². The minimum Gasteiger partial charge on any atom is -0.463 e. The SMILES string of the molecule is CCCCCCCC[C@H]1CC[C@H](O)[C@@H]1CCCCC=C(OCOCCO)C(=O)OC. The van der Waals surface area contributed by atoms with Crippen LogP contribution in [0.5, 0.6) is 0 Å². The van der Waals surface area contributed by atoms with Crippen molar-refractivity contribution in [2.45, 2.75) is 96.5 Å². The van der Waals surface area contributed by atoms with Crippen molar-refractivity contribution in [3.05, 3.63) is 11.8 Å². The Hall–Kier alpha value is -1.11. The molecule has 6 nitrogen and oxygen atoms in total. The van der Waals surface area contributed by atoms with E-state index in [1.54, 1.807) is 6.08 Å². The fraction of sp³-hybridized carbons (Fsp3) is 0.875. The van der Waals surface area contributed by atoms with E-state index in [1.165, 1.54) is 52.1 Å². The van der Waals surface area contributed by atoms with Gasteiger partial charge >= 0.3 is 5.97 Å². The molecule has 0 radical (unpaired) electrons. The number of hydrogen-bond donors (Lipinski definition) is 2. The number of unbranched alkanes of at least 4 members (excludes halogenated alkanes) is 7. The summed E-state index contributed by atoms with van der Waals surface area (Å²) < 4.78 is 15.1. The molecule has 0 aromatic rings. The lowest BCUT2D eigenvalue weighted by molar-refractivity contribution is -0.143. The average molecular weight is 429 g/mol. The number of allylic oxidation sites excluding steroid dienone is 1. The molecule has 1 aliphatic carbocycles. The summed E-state index contributed by atoms with van der Waals surface area (Å²) in [4.78, 5) is 11.8. The molecule has 6 heteroatoms. The topological polar surface area (TPSA) is 85.2 Å². The number of aliphatic hydroxyl groups excluding tert-OH is 2. The second-order valence-electron chi connectivity index (χ2n) is 8.36. The zero-order valence-corrected chi connectivity index (χ0v) is 19.2. The van der Waals surface area contributed by atoms with E-state index < -0.39 is 5.97 Å². The van der Waals surface area contributed by atoms with Crippen molar-refractivity contribution in [3.8, 4) is 0 Å². The Balaban J connectivity index is 2.29. The van der Waals surface area contributed by atoms with Gasteiger partial charge in [0.25, 0.3) is 0 Å². The van der Waals surface area contributed by atoms with E-state index >= 15 is 0 Å². The lowest BCUT2D eigenvalue weighted by Crippen LogP contribution is -2.19. The Morgan fingerprint density at radius 2 is 1.77 bits per heavy atom. The number of hydrogen-bond acceptors (Lipinski definition) is 6. The average Bonchev–Trinajstić information content (AvgIpc) is 3.10. The van der Waals surface area contributed by atoms with Crippen LogP contribution in [0.15, 0.2) is 11.8 Å². The molecule has 0 aliphatic heterocycles. The highest BCUT2D eigenvalue weighted by Gasteiger charge is 2.33. The highest BCUT2D eigenvalue weighted by molar-refractivity contribution is 5.86. The van der Waals surface area contributed by atoms with Crippen molar-refractivity contribution in [1.82, 2.24) is 0 Å². The molecule has 1 aliphatic rings. The zero-order chi connectivity index (χ0) is 22.0. The van der Waals surface area contributed by atoms with Gasteiger partial charge in [-0.2, -0.15) is 0 Å². The molecule has 0 aromatic heterocycles. The first-order valence-corrected chi connectivity index (χ1v) is 11.9. The summed E-state index contributed by atoms with van der Waals surface area (Å²) in [7, 11) is 1.32. The van der Waals surface area contributed by atoms with E-state index in [-0.39, 0.29) is 31.9 Å². The van der Waals surface area contributed by atoms with E-state index in [2.05, 4.69) is 6.92 Å². The number of carbonyl (C=O) groups is 1. The monoisotopic (exact) mass is 428 g/mol. The summed E-state index contributed by atoms with van der Waals surface area (Å²) in [6.07, 6.45) is 16.6. The molecule has 1 saturated carbocycles. The van der Waals surface area contributed by atoms with Crippen LogP contribution in [0.25, 0.3) is 0 Å². The Bertz CT molecular complexity index is 465. The third kappa shape index (κ3) is 11.3. The van der Waals surface area contributed by atoms with E-state index in [0.29, 0.717) is 11.8 Å². The van der Waals surface area contributed by atoms with Gasteiger partial charge in [0.05, 0.1) is 26.4 Å². The van der Waals surface area contributed by atoms with Crippen LogP contribution in [0.3, 0.4) is 0 Å². The number of rotatable bonds is 18. The van der Waals surface area contributed by atoms with Crippen LogP contribution in [-0.4, -0.2) is 49.4 Å². The van der Waals surface area contributed by atoms with Crippen LogP contribution >= 0.6 is 0 Å². The maximum Gasteiger partial charge on any atom is 0.373 e. The number of carbonyl (C=O) groups excluding carboxylic acids is 1. The van der Waals surface area contributed by atoms with Crippen LogP contribution in [0.4, 0.5) is 0 Å². The normalized spacial score (nSPS) is 21.7. The molecule has 0 spiro atoms. The molecule has 0 bridgehead atoms. The Kier molecular flexibility index (Phi) is 15.8. The van der Waals surface area contributed by atoms with Crippen molar-refractivity contribution >= 4 is 5.97 Å². The van der Waals surface area contributed by atoms with Crippen molar-refractivity contribution in [1.29, 1.82) is 0 Å². The smallest absolute Gasteiger partial charge is 0.373 e. The third-order valence-corrected chi connectivity index (χ3v) is 6.10. The number of aliphatic hydroxyl groups is 2. The molecule has 1 rings (SSSR count). The maximum atomic E-state index is 11.8. The maximum absolute atomic E-state index is 11.8. The van der Waals surface area contributed by atoms with Gasteiger partial charge < -0.3 is 24.4 Å². The molecule has 0 heterocycles. The fourth-order valence-corrected chi connectivity index (χ4v) is 4.39. The van der Waals surface area contributed by atoms with Crippen molar-refractivity contribution in [2.24, 2.45) is 11.8 Å². The van der Waals surface area contributed by atoms with Crippen LogP contribution < -0.4 is 0 Å². The lowest BCUT2D eigenvalue weighted by Gasteiger charge is -2.22. The standard InChI is InChI=1S/C24H44O6/c1-3-4-5-6-7-9-12-20-15-16-22(26)21(20)13-10-8-11-14-23(24(27)28-2)30-19-29-18-17-25/h14,20-22,25-26H,3-13,15-19H2,1-2H3/t20-,21+,22-/m0/s1. The number of esters is 1. The molecule has 30 heavy (non-hydrogen) atoms. The quantitative estimate of drug-likeness (QED) is 0.108. The molecule has 0 saturated heterocycles. The summed E-state index contributed by atoms with van der Waals surface area (Å²) in [5, 5.41) is 19.1. The predicted molar refractivity (Wildman–Crippen MR) is 118 cm³/mol. The Morgan fingerprint density at radius 1 is 1.03 bits per heavy atom. The number of methoxy groups -OCH3 is 1. The molecule has 1 fully saturated rings. The Labute approximate surface area is 183 Å². The predicted octanol–water partition coefficient (Wildman–Crippen LogP) is 4.72. The van der Waals surface area contributed by atoms with E-state index in [0.717, 1.165) is 38.5 Å². The number of ether oxygens (including phenoxy) is 3. The van der Waals surface area contributed by atoms with Gasteiger partial charge in [0.1, 0.15) is 0 Å². The zero-order valence-electron chi connectivity index (χ0n) is 19.2. The third-order valence-electron chi connectivity index (χ3n) is 6.10. The minimum atomic E-state index is -0.521. The summed E-state index contributed by atoms with van der Waals surface area (Å²) in [5.74, 6) is 0.720. The van der Waals surface area contributed by atoms with Crippen LogP contribution in [0, 0.1) is 11.8 Å². The summed E-state index contributed by atoms with van der Waals surface area (Å²) in [6, 6.07) is 0. The van der Waals surface area contributed by atoms with Crippen molar-refractivity contribution in [3.63, 3.8) is 0 Å². The van der Waals surface area contributed by atoms with Gasteiger partial charge in [-0.15, -0.1) is 0 Å². The first-order valence-electron chi connectivity index (χ1n) is 11.9. The molecular formula is C24H44O6. The van der Waals surface area contributed by atoms with Gasteiger partial charge in [-0.25, -0.2) is 4.79 Å². The lowest BCUT2D eigenvalue weighted by atomic mass is 9.86. The van der Waals surface area contributed by atoms with Crippen LogP contribution in [0.1, 0.15) is 90.4 Å². The summed E-state index contributed by atoms with van der Waals surface area (Å²) >= 11 is 0. The van der Waals surface area contributed by atoms with E-state index in [4.69, 9.17) is 19.3 Å². The summed E-state index contributed by atoms with van der Waals surface area (Å²) in [5.41, 5.74) is 0. The van der Waals surface area contributed by atoms with Gasteiger partial charge in [0.15, 0.2) is 6.79 Å². The first-order chi connectivity index (χ1) is 14.6. The fourth-order valence-electron chi connectivity index (χ4n) is 4.39.